The van der Waals surface area contributed by atoms with Crippen molar-refractivity contribution in [1.82, 2.24) is 20.9 Å². The molecule has 0 aromatic heterocycles. The van der Waals surface area contributed by atoms with Crippen LogP contribution in [0.15, 0.2) is 0 Å². The Balaban J connectivity index is 2.37. The summed E-state index contributed by atoms with van der Waals surface area (Å²) in [6, 6.07) is -3.68. The third-order valence-corrected chi connectivity index (χ3v) is 7.79. The molecule has 2 rings (SSSR count). The molecule has 1 aliphatic carbocycles. The van der Waals surface area contributed by atoms with Crippen LogP contribution in [0.1, 0.15) is 92.9 Å². The van der Waals surface area contributed by atoms with Crippen molar-refractivity contribution in [2.24, 2.45) is 16.7 Å². The molecular formula is C28H46F2N4O6. The smallest absolute Gasteiger partial charge is 0.405 e. The van der Waals surface area contributed by atoms with E-state index in [1.807, 2.05) is 13.8 Å². The predicted molar refractivity (Wildman–Crippen MR) is 145 cm³/mol. The highest BCUT2D eigenvalue weighted by Crippen LogP contribution is 2.47. The monoisotopic (exact) mass is 572 g/mol. The van der Waals surface area contributed by atoms with Gasteiger partial charge in [-0.25, -0.2) is 13.6 Å². The maximum Gasteiger partial charge on any atom is 0.405 e. The highest BCUT2D eigenvalue weighted by Gasteiger charge is 2.51. The first-order valence-electron chi connectivity index (χ1n) is 14.2. The molecule has 4 N–H and O–H groups in total. The molecule has 1 heterocycles. The zero-order valence-electron chi connectivity index (χ0n) is 24.6. The summed E-state index contributed by atoms with van der Waals surface area (Å²) in [5, 5.41) is 16.7. The molecule has 0 unspecified atom stereocenters. The lowest BCUT2D eigenvalue weighted by Crippen LogP contribution is -2.59. The summed E-state index contributed by atoms with van der Waals surface area (Å²) < 4.78 is 27.4. The van der Waals surface area contributed by atoms with E-state index < -0.39 is 71.9 Å². The molecule has 12 heteroatoms. The summed E-state index contributed by atoms with van der Waals surface area (Å²) in [6.07, 6.45) is 2.20. The van der Waals surface area contributed by atoms with Crippen molar-refractivity contribution in [3.05, 3.63) is 0 Å². The van der Waals surface area contributed by atoms with Gasteiger partial charge in [-0.15, -0.1) is 0 Å². The maximum absolute atomic E-state index is 13.8. The van der Waals surface area contributed by atoms with Crippen molar-refractivity contribution in [1.29, 1.82) is 0 Å². The van der Waals surface area contributed by atoms with Crippen molar-refractivity contribution in [2.75, 3.05) is 13.1 Å². The minimum atomic E-state index is -3.12. The first-order valence-corrected chi connectivity index (χ1v) is 14.2. The van der Waals surface area contributed by atoms with E-state index in [4.69, 9.17) is 0 Å². The number of hydrogen-bond acceptors (Lipinski definition) is 5. The van der Waals surface area contributed by atoms with Crippen LogP contribution in [0.25, 0.3) is 0 Å². The Hall–Kier alpha value is -2.79. The number of carboxylic acid groups (broad SMARTS) is 1. The number of carbonyl (C=O) groups excluding carboxylic acids is 4. The number of ketones is 1. The Morgan fingerprint density at radius 1 is 1.00 bits per heavy atom. The quantitative estimate of drug-likeness (QED) is 0.279. The predicted octanol–water partition coefficient (Wildman–Crippen LogP) is 3.48. The van der Waals surface area contributed by atoms with Gasteiger partial charge in [0.2, 0.25) is 23.5 Å². The van der Waals surface area contributed by atoms with Crippen LogP contribution in [-0.2, 0) is 19.2 Å². The summed E-state index contributed by atoms with van der Waals surface area (Å²) in [5.41, 5.74) is -1.15. The number of nitrogens with one attached hydrogen (secondary N) is 3. The number of halogens is 2. The number of alkyl halides is 2. The molecule has 3 atom stereocenters. The number of likely N-dealkylation sites (tertiary alicyclic amines) is 1. The number of nitrogens with zero attached hydrogens (tertiary/aromatic N) is 1. The van der Waals surface area contributed by atoms with Crippen LogP contribution in [0.5, 0.6) is 0 Å². The van der Waals surface area contributed by atoms with Crippen molar-refractivity contribution in [2.45, 2.75) is 117 Å². The van der Waals surface area contributed by atoms with Gasteiger partial charge in [-0.3, -0.25) is 19.2 Å². The fraction of sp³-hybridized carbons (Fsp3) is 0.821. The standard InChI is InChI=1S/C28H46F2N4O6/c1-17(2)15-31-23(37)20(35)18(10-13-27(6,29)30)32-22(36)19-14-28(11-8-7-9-12-28)16-34(19)24(38)21(26(3,4)5)33-25(39)40/h17-19,21,33H,7-16H2,1-6H3,(H,31,37)(H,32,36)(H,39,40)/t18-,19-,21+/m0/s1. The van der Waals surface area contributed by atoms with Gasteiger partial charge in [0.25, 0.3) is 5.91 Å². The molecule has 228 valence electrons. The van der Waals surface area contributed by atoms with E-state index in [2.05, 4.69) is 16.0 Å². The summed E-state index contributed by atoms with van der Waals surface area (Å²) in [4.78, 5) is 65.9. The molecular weight excluding hydrogens is 526 g/mol. The van der Waals surface area contributed by atoms with E-state index in [1.54, 1.807) is 20.8 Å². The average Bonchev–Trinajstić information content (AvgIpc) is 3.20. The molecule has 1 saturated heterocycles. The number of Topliss-reactive ketones (excluding diaryl/α,β-unsaturated/α-hetero) is 1. The summed E-state index contributed by atoms with van der Waals surface area (Å²) >= 11 is 0. The van der Waals surface area contributed by atoms with Crippen molar-refractivity contribution in [3.63, 3.8) is 0 Å². The van der Waals surface area contributed by atoms with Gasteiger partial charge in [-0.05, 0) is 49.4 Å². The second kappa shape index (κ2) is 13.2. The molecule has 1 spiro atoms. The Labute approximate surface area is 235 Å². The molecule has 0 radical (unpaired) electrons. The molecule has 0 aromatic rings. The first kappa shape index (κ1) is 33.4. The number of carbonyl (C=O) groups is 5. The van der Waals surface area contributed by atoms with Crippen LogP contribution < -0.4 is 16.0 Å². The minimum absolute atomic E-state index is 0.0460. The molecule has 0 bridgehead atoms. The molecule has 1 saturated carbocycles. The second-order valence-electron chi connectivity index (χ2n) is 13.1. The van der Waals surface area contributed by atoms with E-state index in [-0.39, 0.29) is 24.4 Å². The largest absolute Gasteiger partial charge is 0.465 e. The SMILES string of the molecule is CC(C)CNC(=O)C(=O)[C@H](CCC(C)(F)F)NC(=O)[C@@H]1CC2(CCCCC2)CN1C(=O)[C@@H](NC(=O)O)C(C)(C)C. The van der Waals surface area contributed by atoms with Crippen molar-refractivity contribution >= 4 is 29.6 Å². The zero-order valence-corrected chi connectivity index (χ0v) is 24.6. The number of amides is 4. The lowest BCUT2D eigenvalue weighted by atomic mass is 9.72. The highest BCUT2D eigenvalue weighted by molar-refractivity contribution is 6.38. The fourth-order valence-corrected chi connectivity index (χ4v) is 5.60. The van der Waals surface area contributed by atoms with Crippen LogP contribution in [0.2, 0.25) is 0 Å². The summed E-state index contributed by atoms with van der Waals surface area (Å²) in [5.74, 6) is -6.35. The fourth-order valence-electron chi connectivity index (χ4n) is 5.60. The van der Waals surface area contributed by atoms with Gasteiger partial charge >= 0.3 is 6.09 Å². The minimum Gasteiger partial charge on any atom is -0.465 e. The Kier molecular flexibility index (Phi) is 11.1. The van der Waals surface area contributed by atoms with Crippen LogP contribution in [0.3, 0.4) is 0 Å². The van der Waals surface area contributed by atoms with Gasteiger partial charge in [-0.2, -0.15) is 0 Å². The Bertz CT molecular complexity index is 953. The van der Waals surface area contributed by atoms with Crippen LogP contribution in [0.4, 0.5) is 13.6 Å². The molecule has 2 aliphatic rings. The summed E-state index contributed by atoms with van der Waals surface area (Å²) in [7, 11) is 0. The van der Waals surface area contributed by atoms with E-state index in [9.17, 15) is 37.9 Å². The molecule has 0 aromatic carbocycles. The van der Waals surface area contributed by atoms with Gasteiger partial charge in [0.1, 0.15) is 12.1 Å². The van der Waals surface area contributed by atoms with Gasteiger partial charge in [-0.1, -0.05) is 53.9 Å². The van der Waals surface area contributed by atoms with Gasteiger partial charge in [0, 0.05) is 19.5 Å². The van der Waals surface area contributed by atoms with Crippen LogP contribution in [0, 0.1) is 16.7 Å². The van der Waals surface area contributed by atoms with Crippen LogP contribution >= 0.6 is 0 Å². The lowest BCUT2D eigenvalue weighted by molar-refractivity contribution is -0.144. The third kappa shape index (κ3) is 9.40. The average molecular weight is 573 g/mol. The molecule has 10 nitrogen and oxygen atoms in total. The van der Waals surface area contributed by atoms with E-state index in [1.165, 1.54) is 4.90 Å². The zero-order chi connectivity index (χ0) is 30.5. The van der Waals surface area contributed by atoms with E-state index in [0.717, 1.165) is 32.1 Å². The third-order valence-electron chi connectivity index (χ3n) is 7.79. The molecule has 2 fully saturated rings. The molecule has 40 heavy (non-hydrogen) atoms. The lowest BCUT2D eigenvalue weighted by Gasteiger charge is -2.36. The normalized spacial score (nSPS) is 20.6. The number of rotatable bonds is 11. The Morgan fingerprint density at radius 3 is 2.10 bits per heavy atom. The van der Waals surface area contributed by atoms with Gasteiger partial charge in [0.15, 0.2) is 0 Å². The van der Waals surface area contributed by atoms with E-state index >= 15 is 0 Å². The first-order chi connectivity index (χ1) is 18.3. The van der Waals surface area contributed by atoms with Gasteiger partial charge in [0.05, 0.1) is 6.04 Å². The topological polar surface area (TPSA) is 145 Å². The Morgan fingerprint density at radius 2 is 1.60 bits per heavy atom. The van der Waals surface area contributed by atoms with Crippen molar-refractivity contribution < 1.29 is 37.9 Å². The second-order valence-corrected chi connectivity index (χ2v) is 13.1. The summed E-state index contributed by atoms with van der Waals surface area (Å²) in [6.45, 7) is 9.94. The van der Waals surface area contributed by atoms with Crippen molar-refractivity contribution in [3.8, 4) is 0 Å². The number of hydrogen-bond donors (Lipinski definition) is 4. The van der Waals surface area contributed by atoms with Gasteiger partial charge < -0.3 is 26.0 Å². The maximum atomic E-state index is 13.8. The van der Waals surface area contributed by atoms with Crippen LogP contribution in [-0.4, -0.2) is 76.7 Å². The molecule has 4 amide bonds. The van der Waals surface area contributed by atoms with E-state index in [0.29, 0.717) is 13.3 Å². The highest BCUT2D eigenvalue weighted by atomic mass is 19.3. The molecule has 1 aliphatic heterocycles.